The van der Waals surface area contributed by atoms with Crippen LogP contribution in [-0.4, -0.2) is 45.4 Å². The summed E-state index contributed by atoms with van der Waals surface area (Å²) in [4.78, 5) is 12.5. The Balaban J connectivity index is 2.03. The first-order valence-electron chi connectivity index (χ1n) is 9.90. The number of carbonyl (C=O) groups excluding carboxylic acids is 1. The molecule has 0 radical (unpaired) electrons. The molecule has 0 spiro atoms. The number of rotatable bonds is 10. The highest BCUT2D eigenvalue weighted by Crippen LogP contribution is 2.25. The number of amides is 1. The quantitative estimate of drug-likeness (QED) is 0.620. The van der Waals surface area contributed by atoms with Crippen LogP contribution in [0.3, 0.4) is 0 Å². The predicted octanol–water partition coefficient (Wildman–Crippen LogP) is 3.29. The van der Waals surface area contributed by atoms with E-state index in [2.05, 4.69) is 5.32 Å². The number of sulfonamides is 1. The third kappa shape index (κ3) is 5.52. The third-order valence-corrected chi connectivity index (χ3v) is 6.88. The van der Waals surface area contributed by atoms with Gasteiger partial charge in [0.05, 0.1) is 18.0 Å². The fourth-order valence-electron chi connectivity index (χ4n) is 3.19. The minimum atomic E-state index is -3.54. The maximum atomic E-state index is 12.6. The largest absolute Gasteiger partial charge is 0.496 e. The Morgan fingerprint density at radius 1 is 1.10 bits per heavy atom. The zero-order chi connectivity index (χ0) is 22.3. The van der Waals surface area contributed by atoms with Crippen molar-refractivity contribution in [3.05, 3.63) is 53.6 Å². The Kier molecular flexibility index (Phi) is 8.25. The zero-order valence-corrected chi connectivity index (χ0v) is 19.0. The molecule has 2 rings (SSSR count). The van der Waals surface area contributed by atoms with Gasteiger partial charge >= 0.3 is 0 Å². The summed E-state index contributed by atoms with van der Waals surface area (Å²) >= 11 is 0. The molecule has 2 aromatic rings. The van der Waals surface area contributed by atoms with Gasteiger partial charge in [-0.3, -0.25) is 4.79 Å². The van der Waals surface area contributed by atoms with Gasteiger partial charge in [-0.05, 0) is 43.7 Å². The van der Waals surface area contributed by atoms with Crippen LogP contribution in [-0.2, 0) is 14.8 Å². The Hall–Kier alpha value is -2.58. The number of ether oxygens (including phenoxy) is 2. The van der Waals surface area contributed by atoms with E-state index < -0.39 is 10.0 Å². The van der Waals surface area contributed by atoms with Crippen LogP contribution in [0.25, 0.3) is 0 Å². The number of benzene rings is 2. The first-order chi connectivity index (χ1) is 14.2. The topological polar surface area (TPSA) is 84.9 Å². The van der Waals surface area contributed by atoms with Crippen molar-refractivity contribution in [3.8, 4) is 11.5 Å². The molecule has 164 valence electrons. The summed E-state index contributed by atoms with van der Waals surface area (Å²) in [5.41, 5.74) is 1.52. The van der Waals surface area contributed by atoms with E-state index in [1.807, 2.05) is 31.2 Å². The van der Waals surface area contributed by atoms with Crippen molar-refractivity contribution < 1.29 is 22.7 Å². The van der Waals surface area contributed by atoms with E-state index >= 15 is 0 Å². The number of aryl methyl sites for hydroxylation is 1. The molecule has 0 heterocycles. The molecule has 1 atom stereocenters. The number of methoxy groups -OCH3 is 1. The fraction of sp³-hybridized carbons (Fsp3) is 0.409. The van der Waals surface area contributed by atoms with Crippen LogP contribution in [0.4, 0.5) is 0 Å². The highest BCUT2D eigenvalue weighted by atomic mass is 32.2. The van der Waals surface area contributed by atoms with E-state index in [4.69, 9.17) is 9.47 Å². The molecule has 30 heavy (non-hydrogen) atoms. The van der Waals surface area contributed by atoms with Crippen LogP contribution in [0.2, 0.25) is 0 Å². The van der Waals surface area contributed by atoms with Gasteiger partial charge in [-0.25, -0.2) is 8.42 Å². The van der Waals surface area contributed by atoms with Gasteiger partial charge in [0, 0.05) is 18.7 Å². The van der Waals surface area contributed by atoms with Crippen LogP contribution in [0, 0.1) is 6.92 Å². The van der Waals surface area contributed by atoms with Crippen LogP contribution < -0.4 is 14.8 Å². The molecule has 7 nitrogen and oxygen atoms in total. The summed E-state index contributed by atoms with van der Waals surface area (Å²) in [5, 5.41) is 2.88. The summed E-state index contributed by atoms with van der Waals surface area (Å²) in [6, 6.07) is 11.9. The smallest absolute Gasteiger partial charge is 0.258 e. The predicted molar refractivity (Wildman–Crippen MR) is 116 cm³/mol. The maximum Gasteiger partial charge on any atom is 0.258 e. The van der Waals surface area contributed by atoms with E-state index in [1.54, 1.807) is 40.0 Å². The van der Waals surface area contributed by atoms with Gasteiger partial charge in [0.15, 0.2) is 6.61 Å². The van der Waals surface area contributed by atoms with Crippen molar-refractivity contribution in [1.82, 2.24) is 9.62 Å². The molecule has 0 unspecified atom stereocenters. The summed E-state index contributed by atoms with van der Waals surface area (Å²) in [6.45, 7) is 7.86. The molecule has 0 aliphatic rings. The lowest BCUT2D eigenvalue weighted by Crippen LogP contribution is -2.31. The SMILES string of the molecule is CCN(CC)S(=O)(=O)c1ccc(OCC(=O)N[C@H](C)c2ccccc2OC)c(C)c1. The molecule has 0 aliphatic carbocycles. The Morgan fingerprint density at radius 2 is 1.77 bits per heavy atom. The third-order valence-electron chi connectivity index (χ3n) is 4.83. The highest BCUT2D eigenvalue weighted by molar-refractivity contribution is 7.89. The van der Waals surface area contributed by atoms with Gasteiger partial charge in [-0.15, -0.1) is 0 Å². The maximum absolute atomic E-state index is 12.6. The van der Waals surface area contributed by atoms with E-state index in [9.17, 15) is 13.2 Å². The molecule has 0 aromatic heterocycles. The number of carbonyl (C=O) groups is 1. The molecular weight excluding hydrogens is 404 g/mol. The molecule has 8 heteroatoms. The second-order valence-electron chi connectivity index (χ2n) is 6.84. The molecule has 0 saturated carbocycles. The summed E-state index contributed by atoms with van der Waals surface area (Å²) < 4.78 is 37.6. The second-order valence-corrected chi connectivity index (χ2v) is 8.77. The summed E-state index contributed by atoms with van der Waals surface area (Å²) in [5.74, 6) is 0.883. The molecule has 1 N–H and O–H groups in total. The van der Waals surface area contributed by atoms with Crippen LogP contribution >= 0.6 is 0 Å². The van der Waals surface area contributed by atoms with Crippen molar-refractivity contribution in [1.29, 1.82) is 0 Å². The van der Waals surface area contributed by atoms with Gasteiger partial charge in [0.2, 0.25) is 10.0 Å². The van der Waals surface area contributed by atoms with Crippen LogP contribution in [0.5, 0.6) is 11.5 Å². The van der Waals surface area contributed by atoms with Gasteiger partial charge in [-0.1, -0.05) is 32.0 Å². The second kappa shape index (κ2) is 10.4. The Labute approximate surface area is 179 Å². The lowest BCUT2D eigenvalue weighted by atomic mass is 10.1. The Morgan fingerprint density at radius 3 is 2.37 bits per heavy atom. The minimum absolute atomic E-state index is 0.178. The van der Waals surface area contributed by atoms with Crippen LogP contribution in [0.1, 0.15) is 37.9 Å². The molecular formula is C22H30N2O5S. The summed E-state index contributed by atoms with van der Waals surface area (Å²) in [7, 11) is -1.95. The summed E-state index contributed by atoms with van der Waals surface area (Å²) in [6.07, 6.45) is 0. The number of nitrogens with zero attached hydrogens (tertiary/aromatic N) is 1. The van der Waals surface area contributed by atoms with Crippen molar-refractivity contribution in [2.24, 2.45) is 0 Å². The zero-order valence-electron chi connectivity index (χ0n) is 18.1. The van der Waals surface area contributed by atoms with Crippen molar-refractivity contribution in [2.45, 2.75) is 38.6 Å². The van der Waals surface area contributed by atoms with Crippen LogP contribution in [0.15, 0.2) is 47.4 Å². The molecule has 1 amide bonds. The van der Waals surface area contributed by atoms with Gasteiger partial charge in [-0.2, -0.15) is 4.31 Å². The van der Waals surface area contributed by atoms with Gasteiger partial charge in [0.1, 0.15) is 11.5 Å². The number of hydrogen-bond donors (Lipinski definition) is 1. The van der Waals surface area contributed by atoms with E-state index in [-0.39, 0.29) is 23.5 Å². The van der Waals surface area contributed by atoms with E-state index in [0.29, 0.717) is 30.2 Å². The normalized spacial score (nSPS) is 12.5. The number of para-hydroxylation sites is 1. The number of hydrogen-bond acceptors (Lipinski definition) is 5. The monoisotopic (exact) mass is 434 g/mol. The number of nitrogens with one attached hydrogen (secondary N) is 1. The van der Waals surface area contributed by atoms with Crippen molar-refractivity contribution in [3.63, 3.8) is 0 Å². The lowest BCUT2D eigenvalue weighted by molar-refractivity contribution is -0.123. The molecule has 0 saturated heterocycles. The van der Waals surface area contributed by atoms with E-state index in [1.165, 1.54) is 10.4 Å². The Bertz CT molecular complexity index is 971. The van der Waals surface area contributed by atoms with Gasteiger partial charge < -0.3 is 14.8 Å². The average Bonchev–Trinajstić information content (AvgIpc) is 2.73. The van der Waals surface area contributed by atoms with Crippen molar-refractivity contribution >= 4 is 15.9 Å². The van der Waals surface area contributed by atoms with Gasteiger partial charge in [0.25, 0.3) is 5.91 Å². The molecule has 0 aliphatic heterocycles. The highest BCUT2D eigenvalue weighted by Gasteiger charge is 2.22. The average molecular weight is 435 g/mol. The fourth-order valence-corrected chi connectivity index (χ4v) is 4.73. The molecule has 0 bridgehead atoms. The first kappa shape index (κ1) is 23.7. The lowest BCUT2D eigenvalue weighted by Gasteiger charge is -2.19. The molecule has 2 aromatic carbocycles. The van der Waals surface area contributed by atoms with Crippen molar-refractivity contribution in [2.75, 3.05) is 26.8 Å². The first-order valence-corrected chi connectivity index (χ1v) is 11.3. The molecule has 0 fully saturated rings. The van der Waals surface area contributed by atoms with E-state index in [0.717, 1.165) is 5.56 Å². The standard InChI is InChI=1S/C22H30N2O5S/c1-6-24(7-2)30(26,27)18-12-13-20(16(3)14-18)29-15-22(25)23-17(4)19-10-8-9-11-21(19)28-5/h8-14,17H,6-7,15H2,1-5H3,(H,23,25)/t17-/m1/s1. The minimum Gasteiger partial charge on any atom is -0.496 e.